The monoisotopic (exact) mass is 1120 g/mol. The Balaban J connectivity index is 1.48. The van der Waals surface area contributed by atoms with Crippen LogP contribution in [-0.4, -0.2) is 140 Å². The Bertz CT molecular complexity index is 2760. The number of aromatic nitrogens is 1. The number of allylic oxidation sites excluding steroid dienone is 1. The lowest BCUT2D eigenvalue weighted by Crippen LogP contribution is -2.63. The lowest BCUT2D eigenvalue weighted by atomic mass is 9.90. The number of cyclic esters (lactones) is 1. The first-order chi connectivity index (χ1) is 37.6. The molecule has 3 fully saturated rings. The summed E-state index contributed by atoms with van der Waals surface area (Å²) in [6.45, 7) is 9.33. The second-order valence-corrected chi connectivity index (χ2v) is 21.0. The first kappa shape index (κ1) is 60.3. The molecule has 7 amide bonds. The number of unbranched alkanes of at least 4 members (excludes halogenated alkanes) is 1. The van der Waals surface area contributed by atoms with Gasteiger partial charge in [0.1, 0.15) is 59.2 Å². The van der Waals surface area contributed by atoms with E-state index in [9.17, 15) is 49.4 Å². The maximum atomic E-state index is 15.1. The molecule has 3 aromatic rings. The van der Waals surface area contributed by atoms with Gasteiger partial charge in [-0.2, -0.15) is 4.73 Å². The maximum absolute atomic E-state index is 15.1. The number of carbonyl (C=O) groups excluding carboxylic acids is 8. The summed E-state index contributed by atoms with van der Waals surface area (Å²) in [4.78, 5) is 142. The minimum Gasteiger partial charge on any atom is -0.458 e. The number of carbonyl (C=O) groups is 8. The zero-order valence-corrected chi connectivity index (χ0v) is 45.5. The van der Waals surface area contributed by atoms with E-state index in [0.29, 0.717) is 22.3 Å². The van der Waals surface area contributed by atoms with Gasteiger partial charge in [-0.05, 0) is 68.2 Å². The van der Waals surface area contributed by atoms with Crippen LogP contribution in [0.25, 0.3) is 0 Å². The number of benzene rings is 2. The number of hydrogen-bond acceptors (Lipinski definition) is 14. The Hall–Kier alpha value is -7.89. The van der Waals surface area contributed by atoms with Crippen molar-refractivity contribution >= 4 is 58.9 Å². The average Bonchev–Trinajstić information content (AvgIpc) is 4.03. The fourth-order valence-electron chi connectivity index (χ4n) is 10.1. The smallest absolute Gasteiger partial charge is 0.329 e. The number of esters is 1. The third-order valence-electron chi connectivity index (χ3n) is 15.1. The van der Waals surface area contributed by atoms with Crippen molar-refractivity contribution in [2.75, 3.05) is 13.1 Å². The van der Waals surface area contributed by atoms with Crippen molar-refractivity contribution in [2.24, 2.45) is 17.8 Å². The van der Waals surface area contributed by atoms with Crippen molar-refractivity contribution in [3.63, 3.8) is 0 Å². The minimum atomic E-state index is -1.92. The van der Waals surface area contributed by atoms with E-state index in [0.717, 1.165) is 6.07 Å². The van der Waals surface area contributed by atoms with Gasteiger partial charge < -0.3 is 46.7 Å². The lowest BCUT2D eigenvalue weighted by molar-refractivity contribution is -0.498. The zero-order chi connectivity index (χ0) is 57.8. The van der Waals surface area contributed by atoms with E-state index >= 15 is 14.4 Å². The van der Waals surface area contributed by atoms with Crippen molar-refractivity contribution in [2.45, 2.75) is 146 Å². The average molecular weight is 1120 g/mol. The van der Waals surface area contributed by atoms with Gasteiger partial charge in [0.15, 0.2) is 0 Å². The topological polar surface area (TPSA) is 333 Å². The molecule has 1 aromatic heterocycles. The molecule has 14 atom stereocenters. The largest absolute Gasteiger partial charge is 0.458 e. The Labute approximate surface area is 461 Å². The van der Waals surface area contributed by atoms with Crippen LogP contribution in [0.3, 0.4) is 0 Å². The highest BCUT2D eigenvalue weighted by atomic mass is 35.5. The molecule has 426 valence electrons. The molecule has 3 heterocycles. The van der Waals surface area contributed by atoms with Gasteiger partial charge in [0, 0.05) is 41.1 Å². The van der Waals surface area contributed by atoms with Crippen LogP contribution in [0.15, 0.2) is 84.9 Å². The van der Waals surface area contributed by atoms with E-state index in [1.807, 2.05) is 0 Å². The Morgan fingerprint density at radius 3 is 1.94 bits per heavy atom. The Morgan fingerprint density at radius 1 is 0.823 bits per heavy atom. The van der Waals surface area contributed by atoms with E-state index in [4.69, 9.17) is 16.3 Å². The molecule has 6 rings (SSSR count). The number of amides is 7. The zero-order valence-electron chi connectivity index (χ0n) is 44.7. The van der Waals surface area contributed by atoms with E-state index < -0.39 is 153 Å². The number of ether oxygens (including phenoxy) is 1. The number of hydrogen-bond donors (Lipinski definition) is 7. The van der Waals surface area contributed by atoms with Crippen molar-refractivity contribution in [3.05, 3.63) is 127 Å². The van der Waals surface area contributed by atoms with E-state index in [1.165, 1.54) is 17.9 Å². The number of nitro groups is 2. The summed E-state index contributed by atoms with van der Waals surface area (Å²) in [5, 5.41) is 49.6. The number of rotatable bonds is 18. The molecule has 0 radical (unpaired) electrons. The molecule has 79 heavy (non-hydrogen) atoms. The predicted molar refractivity (Wildman–Crippen MR) is 285 cm³/mol. The summed E-state index contributed by atoms with van der Waals surface area (Å²) >= 11 is 5.97. The molecule has 1 aliphatic carbocycles. The van der Waals surface area contributed by atoms with Crippen molar-refractivity contribution < 1.29 is 58.1 Å². The second-order valence-electron chi connectivity index (χ2n) is 20.6. The first-order valence-electron chi connectivity index (χ1n) is 26.4. The molecule has 2 aliphatic heterocycles. The summed E-state index contributed by atoms with van der Waals surface area (Å²) < 4.78 is 6.42. The van der Waals surface area contributed by atoms with E-state index in [2.05, 4.69) is 31.9 Å². The van der Waals surface area contributed by atoms with Crippen molar-refractivity contribution in [1.29, 1.82) is 0 Å². The van der Waals surface area contributed by atoms with Gasteiger partial charge in [-0.1, -0.05) is 119 Å². The molecule has 3 aliphatic rings. The van der Waals surface area contributed by atoms with Crippen molar-refractivity contribution in [3.8, 4) is 0 Å². The molecule has 25 heteroatoms. The van der Waals surface area contributed by atoms with Gasteiger partial charge in [0.05, 0.1) is 5.92 Å². The summed E-state index contributed by atoms with van der Waals surface area (Å²) in [5.74, 6) is -11.4. The molecular weight excluding hydrogens is 1050 g/mol. The fraction of sp³-hybridized carbons (Fsp3) is 0.519. The van der Waals surface area contributed by atoms with Gasteiger partial charge in [0.2, 0.25) is 48.0 Å². The Kier molecular flexibility index (Phi) is 20.7. The molecule has 1 saturated carbocycles. The minimum absolute atomic E-state index is 0.00482. The standard InChI is InChI=1S/C54H69ClN10O14/c1-7-17-33-26-40-54(73)79-32(6)45(60-47(66)37(22-15-16-25-63(74)75)56-48(67)38-23-24-41(55)64(38)76)51(70)58-44(31(5)35-20-13-10-14-21-35)50(69)61-46(36-27-39(36)65(77)78)52(71)59-43(30(4)34-18-11-9-12-19-34)49(68)57-42(29(3)8-2)53(72)62(40)28-33/h7,9-14,17-21,23-24,29-33,36-37,39-40,42-46,76H,8,15-16,22,25-28H2,1-6H3,(H,56,67)(H,57,68)(H,58,70)(H,59,71)(H,60,66)(H,61,69)/b17-7+/t29-,30+,31+,32+,33-,36-,37-,39+,40-,42-,43-,44?,45+,46+/m0/s1. The van der Waals surface area contributed by atoms with Crippen LogP contribution in [0.4, 0.5) is 0 Å². The highest BCUT2D eigenvalue weighted by molar-refractivity contribution is 6.30. The van der Waals surface area contributed by atoms with Crippen LogP contribution in [0.5, 0.6) is 0 Å². The molecule has 0 spiro atoms. The fourth-order valence-corrected chi connectivity index (χ4v) is 10.3. The van der Waals surface area contributed by atoms with E-state index in [1.54, 1.807) is 107 Å². The van der Waals surface area contributed by atoms with Gasteiger partial charge >= 0.3 is 5.97 Å². The van der Waals surface area contributed by atoms with Crippen LogP contribution in [0, 0.1) is 38.0 Å². The summed E-state index contributed by atoms with van der Waals surface area (Å²) in [6, 6.07) is 7.28. The number of nitrogens with one attached hydrogen (secondary N) is 6. The summed E-state index contributed by atoms with van der Waals surface area (Å²) in [5.41, 5.74) is 0.701. The SMILES string of the molecule is C/C=C/[C@H]1C[C@H]2C(=O)O[C@H](C)[C@@H](NC(=O)[C@H](CCCC[N+](=O)[O-])NC(=O)c3ccc(Cl)n3O)C(=O)NC([C@H](C)c3ccccc3)C(=O)N[C@H]([C@H]3C[C@H]3[N+](=O)[O-])C(=O)N[C@@H]([C@H](C)c3ccccc3)C(=O)N[C@@H]([C@@H](C)CC)C(=O)N2C1. The third kappa shape index (κ3) is 15.0. The van der Waals surface area contributed by atoms with Crippen LogP contribution in [0.2, 0.25) is 5.15 Å². The molecule has 1 unspecified atom stereocenters. The molecule has 24 nitrogen and oxygen atoms in total. The van der Waals surface area contributed by atoms with Gasteiger partial charge in [-0.25, -0.2) is 4.79 Å². The predicted octanol–water partition coefficient (Wildman–Crippen LogP) is 3.41. The van der Waals surface area contributed by atoms with Crippen molar-refractivity contribution in [1.82, 2.24) is 41.5 Å². The number of nitrogens with zero attached hydrogens (tertiary/aromatic N) is 4. The molecule has 7 N–H and O–H groups in total. The quantitative estimate of drug-likeness (QED) is 0.0240. The lowest BCUT2D eigenvalue weighted by Gasteiger charge is -2.34. The summed E-state index contributed by atoms with van der Waals surface area (Å²) in [6.07, 6.45) is 1.87. The first-order valence-corrected chi connectivity index (χ1v) is 26.8. The van der Waals surface area contributed by atoms with Gasteiger partial charge in [-0.3, -0.25) is 53.8 Å². The highest BCUT2D eigenvalue weighted by Crippen LogP contribution is 2.37. The second kappa shape index (κ2) is 27.1. The maximum Gasteiger partial charge on any atom is 0.329 e. The third-order valence-corrected chi connectivity index (χ3v) is 15.4. The molecule has 2 saturated heterocycles. The highest BCUT2D eigenvalue weighted by Gasteiger charge is 2.56. The van der Waals surface area contributed by atoms with Crippen LogP contribution >= 0.6 is 11.6 Å². The van der Waals surface area contributed by atoms with Crippen LogP contribution < -0.4 is 31.9 Å². The number of halogens is 1. The number of fused-ring (bicyclic) bond motifs is 1. The van der Waals surface area contributed by atoms with Crippen LogP contribution in [0.1, 0.15) is 114 Å². The van der Waals surface area contributed by atoms with Gasteiger partial charge in [-0.15, -0.1) is 0 Å². The summed E-state index contributed by atoms with van der Waals surface area (Å²) in [7, 11) is 0. The van der Waals surface area contributed by atoms with E-state index in [-0.39, 0.29) is 43.8 Å². The molecule has 2 aromatic carbocycles. The van der Waals surface area contributed by atoms with Gasteiger partial charge in [0.25, 0.3) is 5.91 Å². The normalized spacial score (nSPS) is 26.7. The molecule has 0 bridgehead atoms. The Morgan fingerprint density at radius 2 is 1.41 bits per heavy atom. The van der Waals surface area contributed by atoms with Crippen LogP contribution in [-0.2, 0) is 38.3 Å². The molecular formula is C54H69ClN10O14.